The third-order valence-electron chi connectivity index (χ3n) is 13.0. The van der Waals surface area contributed by atoms with E-state index in [1.807, 2.05) is 31.2 Å². The molecule has 298 valence electrons. The van der Waals surface area contributed by atoms with Crippen LogP contribution in [0.3, 0.4) is 0 Å². The van der Waals surface area contributed by atoms with E-state index in [-0.39, 0.29) is 48.4 Å². The number of carbonyl (C=O) groups excluding carboxylic acids is 4. The van der Waals surface area contributed by atoms with E-state index in [2.05, 4.69) is 0 Å². The fourth-order valence-corrected chi connectivity index (χ4v) is 11.4. The summed E-state index contributed by atoms with van der Waals surface area (Å²) in [6, 6.07) is 17.2. The van der Waals surface area contributed by atoms with Gasteiger partial charge in [0.15, 0.2) is 0 Å². The minimum absolute atomic E-state index is 0.124. The molecule has 58 heavy (non-hydrogen) atoms. The third kappa shape index (κ3) is 5.49. The normalized spacial score (nSPS) is 25.3. The second kappa shape index (κ2) is 13.7. The maximum Gasteiger partial charge on any atom is 0.242 e. The average molecular weight is 821 g/mol. The maximum absolute atomic E-state index is 15.3. The molecular formula is C44H41ClN4O8S. The number of thiophene rings is 1. The van der Waals surface area contributed by atoms with Gasteiger partial charge in [0.05, 0.1) is 42.3 Å². The lowest BCUT2D eigenvalue weighted by molar-refractivity contribution is -0.140. The number of hydrogen-bond donors (Lipinski definition) is 2. The number of carbonyl (C=O) groups is 4. The highest BCUT2D eigenvalue weighted by Crippen LogP contribution is 2.65. The highest BCUT2D eigenvalue weighted by molar-refractivity contribution is 7.22. The Balaban J connectivity index is 1.14. The SMILES string of the molecule is COc1cc(O)c([C@H]2C3=CC[C@@H]4C(=O)N(CCc5ccc(O)cc5)C(=O)[C@@H]4[C@@H]3C[C@H]3C(=O)N(c4cc(-c5sc6ccc(Cl)cc6c5C)nn4C)C(=O)[C@@]23C)c(OC)c1. The lowest BCUT2D eigenvalue weighted by atomic mass is 9.51. The first kappa shape index (κ1) is 37.9. The number of imide groups is 2. The standard InChI is InChI=1S/C44H41ClN4O8S/c1-21-28-16-23(45)8-13-34(28)58-39(21)31-20-35(47(3)46-31)49-41(53)30-19-29-26(38(44(30,2)43(49)55)37-32(51)17-25(56-4)18-33(37)57-5)11-12-27-36(29)42(54)48(40(27)52)15-14-22-6-9-24(50)10-7-22/h6-11,13,16-18,20,27,29-30,36,38,50-51H,12,14-15,19H2,1-5H3/t27-,29+,30-,36-,38+,44+/m0/s1. The van der Waals surface area contributed by atoms with Crippen molar-refractivity contribution in [1.82, 2.24) is 14.7 Å². The van der Waals surface area contributed by atoms with Crippen molar-refractivity contribution in [2.75, 3.05) is 25.7 Å². The molecule has 2 aromatic heterocycles. The summed E-state index contributed by atoms with van der Waals surface area (Å²) in [6.07, 6.45) is 2.75. The number of rotatable bonds is 8. The molecule has 5 aromatic rings. The van der Waals surface area contributed by atoms with Gasteiger partial charge in [-0.05, 0) is 85.9 Å². The topological polar surface area (TPSA) is 151 Å². The van der Waals surface area contributed by atoms with Crippen molar-refractivity contribution in [2.45, 2.75) is 39.0 Å². The average Bonchev–Trinajstić information content (AvgIpc) is 3.87. The van der Waals surface area contributed by atoms with Gasteiger partial charge in [-0.15, -0.1) is 11.3 Å². The Bertz CT molecular complexity index is 2620. The summed E-state index contributed by atoms with van der Waals surface area (Å²) >= 11 is 7.88. The second-order valence-corrected chi connectivity index (χ2v) is 17.4. The molecule has 2 saturated heterocycles. The molecule has 0 radical (unpaired) electrons. The Morgan fingerprint density at radius 1 is 0.948 bits per heavy atom. The van der Waals surface area contributed by atoms with Gasteiger partial charge in [0.2, 0.25) is 23.6 Å². The first-order valence-electron chi connectivity index (χ1n) is 19.2. The van der Waals surface area contributed by atoms with Gasteiger partial charge in [0.25, 0.3) is 0 Å². The number of hydrogen-bond acceptors (Lipinski definition) is 10. The first-order chi connectivity index (χ1) is 27.8. The molecule has 4 aliphatic rings. The van der Waals surface area contributed by atoms with Crippen LogP contribution in [0.2, 0.25) is 5.02 Å². The summed E-state index contributed by atoms with van der Waals surface area (Å²) in [5.41, 5.74) is 2.02. The molecule has 2 N–H and O–H groups in total. The highest BCUT2D eigenvalue weighted by atomic mass is 35.5. The van der Waals surface area contributed by atoms with Gasteiger partial charge < -0.3 is 19.7 Å². The van der Waals surface area contributed by atoms with Crippen molar-refractivity contribution >= 4 is 62.5 Å². The first-order valence-corrected chi connectivity index (χ1v) is 20.4. The van der Waals surface area contributed by atoms with E-state index in [1.165, 1.54) is 34.8 Å². The molecule has 12 nitrogen and oxygen atoms in total. The molecule has 0 bridgehead atoms. The van der Waals surface area contributed by atoms with Crippen LogP contribution < -0.4 is 14.4 Å². The van der Waals surface area contributed by atoms with E-state index in [0.717, 1.165) is 26.1 Å². The number of aryl methyl sites for hydroxylation is 2. The molecule has 9 rings (SSSR count). The van der Waals surface area contributed by atoms with Crippen LogP contribution in [0.25, 0.3) is 20.7 Å². The summed E-state index contributed by atoms with van der Waals surface area (Å²) in [4.78, 5) is 62.2. The van der Waals surface area contributed by atoms with Gasteiger partial charge >= 0.3 is 0 Å². The number of anilines is 1. The van der Waals surface area contributed by atoms with Crippen LogP contribution >= 0.6 is 22.9 Å². The predicted molar refractivity (Wildman–Crippen MR) is 218 cm³/mol. The third-order valence-corrected chi connectivity index (χ3v) is 14.5. The monoisotopic (exact) mass is 820 g/mol. The number of aromatic hydroxyl groups is 2. The van der Waals surface area contributed by atoms with Gasteiger partial charge in [0, 0.05) is 53.0 Å². The van der Waals surface area contributed by atoms with Crippen LogP contribution in [0, 0.1) is 36.0 Å². The lowest BCUT2D eigenvalue weighted by Crippen LogP contribution is -2.49. The summed E-state index contributed by atoms with van der Waals surface area (Å²) < 4.78 is 13.9. The molecule has 2 aliphatic heterocycles. The second-order valence-electron chi connectivity index (χ2n) is 15.9. The number of ether oxygens (including phenoxy) is 2. The van der Waals surface area contributed by atoms with Gasteiger partial charge in [-0.25, -0.2) is 4.90 Å². The number of allylic oxidation sites excluding steroid dienone is 2. The van der Waals surface area contributed by atoms with Crippen molar-refractivity contribution in [3.8, 4) is 33.6 Å². The molecule has 1 saturated carbocycles. The minimum atomic E-state index is -1.44. The predicted octanol–water partition coefficient (Wildman–Crippen LogP) is 7.17. The molecule has 0 spiro atoms. The zero-order valence-corrected chi connectivity index (χ0v) is 34.1. The Kier molecular flexibility index (Phi) is 8.97. The van der Waals surface area contributed by atoms with E-state index in [0.29, 0.717) is 39.8 Å². The van der Waals surface area contributed by atoms with Crippen molar-refractivity contribution in [3.63, 3.8) is 0 Å². The van der Waals surface area contributed by atoms with Crippen molar-refractivity contribution in [1.29, 1.82) is 0 Å². The molecule has 0 unspecified atom stereocenters. The van der Waals surface area contributed by atoms with Gasteiger partial charge in [-0.1, -0.05) is 35.4 Å². The maximum atomic E-state index is 15.3. The summed E-state index contributed by atoms with van der Waals surface area (Å²) in [7, 11) is 4.63. The number of phenols is 2. The Hall–Kier alpha value is -5.66. The number of likely N-dealkylation sites (tertiary alicyclic amines) is 1. The van der Waals surface area contributed by atoms with E-state index >= 15 is 9.59 Å². The van der Waals surface area contributed by atoms with Gasteiger partial charge in [-0.2, -0.15) is 5.10 Å². The van der Waals surface area contributed by atoms with Crippen LogP contribution in [-0.4, -0.2) is 69.3 Å². The van der Waals surface area contributed by atoms with Crippen molar-refractivity contribution in [2.24, 2.45) is 36.1 Å². The quantitative estimate of drug-likeness (QED) is 0.123. The fraction of sp³-hybridized carbons (Fsp3) is 0.341. The molecule has 4 amide bonds. The van der Waals surface area contributed by atoms with Gasteiger partial charge in [0.1, 0.15) is 34.5 Å². The van der Waals surface area contributed by atoms with Crippen LogP contribution in [-0.2, 0) is 32.6 Å². The number of benzene rings is 3. The molecule has 14 heteroatoms. The van der Waals surface area contributed by atoms with E-state index in [4.69, 9.17) is 26.2 Å². The molecule has 4 heterocycles. The lowest BCUT2D eigenvalue weighted by Gasteiger charge is -2.49. The number of phenolic OH excluding ortho intramolecular Hbond substituents is 2. The van der Waals surface area contributed by atoms with Crippen LogP contribution in [0.4, 0.5) is 5.82 Å². The van der Waals surface area contributed by atoms with Crippen molar-refractivity contribution < 1.29 is 38.9 Å². The number of amides is 4. The molecular weight excluding hydrogens is 780 g/mol. The molecule has 6 atom stereocenters. The zero-order chi connectivity index (χ0) is 40.9. The minimum Gasteiger partial charge on any atom is -0.508 e. The number of methoxy groups -OCH3 is 2. The molecule has 3 aromatic carbocycles. The zero-order valence-electron chi connectivity index (χ0n) is 32.5. The number of aromatic nitrogens is 2. The Morgan fingerprint density at radius 3 is 2.43 bits per heavy atom. The fourth-order valence-electron chi connectivity index (χ4n) is 10.1. The highest BCUT2D eigenvalue weighted by Gasteiger charge is 2.68. The van der Waals surface area contributed by atoms with Gasteiger partial charge in [-0.3, -0.25) is 28.8 Å². The summed E-state index contributed by atoms with van der Waals surface area (Å²) in [5, 5.41) is 27.9. The Labute approximate surface area is 343 Å². The summed E-state index contributed by atoms with van der Waals surface area (Å²) in [5.74, 6) is -4.50. The molecule has 2 aliphatic carbocycles. The largest absolute Gasteiger partial charge is 0.508 e. The van der Waals surface area contributed by atoms with Crippen LogP contribution in [0.15, 0.2) is 72.3 Å². The summed E-state index contributed by atoms with van der Waals surface area (Å²) in [6.45, 7) is 3.92. The number of halogens is 1. The van der Waals surface area contributed by atoms with E-state index in [1.54, 1.807) is 61.7 Å². The van der Waals surface area contributed by atoms with Crippen LogP contribution in [0.5, 0.6) is 23.0 Å². The number of fused-ring (bicyclic) bond motifs is 5. The van der Waals surface area contributed by atoms with Crippen LogP contribution in [0.1, 0.15) is 42.4 Å². The van der Waals surface area contributed by atoms with E-state index < -0.39 is 46.8 Å². The van der Waals surface area contributed by atoms with Crippen molar-refractivity contribution in [3.05, 3.63) is 94.0 Å². The molecule has 3 fully saturated rings. The number of nitrogens with zero attached hydrogens (tertiary/aromatic N) is 4. The smallest absolute Gasteiger partial charge is 0.242 e. The Morgan fingerprint density at radius 2 is 1.71 bits per heavy atom. The van der Waals surface area contributed by atoms with E-state index in [9.17, 15) is 19.8 Å².